The van der Waals surface area contributed by atoms with Gasteiger partial charge in [-0.3, -0.25) is 4.79 Å². The van der Waals surface area contributed by atoms with Crippen LogP contribution in [0.5, 0.6) is 0 Å². The van der Waals surface area contributed by atoms with Crippen LogP contribution in [0.4, 0.5) is 0 Å². The second kappa shape index (κ2) is 3.75. The summed E-state index contributed by atoms with van der Waals surface area (Å²) in [6.07, 6.45) is 3.88. The van der Waals surface area contributed by atoms with Crippen LogP contribution in [0.3, 0.4) is 0 Å². The maximum absolute atomic E-state index is 11.3. The Morgan fingerprint density at radius 2 is 2.50 bits per heavy atom. The van der Waals surface area contributed by atoms with Crippen LogP contribution in [-0.4, -0.2) is 26.9 Å². The number of nitrogens with one attached hydrogen (secondary N) is 1. The summed E-state index contributed by atoms with van der Waals surface area (Å²) in [6, 6.07) is 0.389. The third-order valence-electron chi connectivity index (χ3n) is 2.04. The molecule has 0 aromatic carbocycles. The largest absolute Gasteiger partial charge is 0.352 e. The Kier molecular flexibility index (Phi) is 2.45. The van der Waals surface area contributed by atoms with Crippen molar-refractivity contribution >= 4 is 5.91 Å². The van der Waals surface area contributed by atoms with Gasteiger partial charge in [-0.2, -0.15) is 0 Å². The van der Waals surface area contributed by atoms with Crippen LogP contribution in [0.2, 0.25) is 0 Å². The van der Waals surface area contributed by atoms with Crippen molar-refractivity contribution in [2.75, 3.05) is 0 Å². The van der Waals surface area contributed by atoms with Gasteiger partial charge in [0.25, 0.3) is 0 Å². The Hall–Kier alpha value is -1.43. The Morgan fingerprint density at radius 3 is 3.07 bits per heavy atom. The number of carbonyl (C=O) groups is 1. The lowest BCUT2D eigenvalue weighted by atomic mass is 10.5. The zero-order valence-corrected chi connectivity index (χ0v) is 7.81. The SMILES string of the molecule is NCc1cn(CC(=O)NC2CC2)nn1. The molecule has 1 aromatic rings. The molecule has 0 bridgehead atoms. The predicted octanol–water partition coefficient (Wildman–Crippen LogP) is -0.985. The summed E-state index contributed by atoms with van der Waals surface area (Å²) in [6.45, 7) is 0.577. The average Bonchev–Trinajstić information content (AvgIpc) is 2.83. The third-order valence-corrected chi connectivity index (χ3v) is 2.04. The standard InChI is InChI=1S/C8H13N5O/c9-3-7-4-13(12-11-7)5-8(14)10-6-1-2-6/h4,6H,1-3,5,9H2,(H,10,14). The van der Waals surface area contributed by atoms with Gasteiger partial charge in [0.1, 0.15) is 6.54 Å². The summed E-state index contributed by atoms with van der Waals surface area (Å²) in [7, 11) is 0. The average molecular weight is 195 g/mol. The van der Waals surface area contributed by atoms with Crippen LogP contribution in [0.25, 0.3) is 0 Å². The molecule has 0 spiro atoms. The summed E-state index contributed by atoms with van der Waals surface area (Å²) in [5.74, 6) is -0.0130. The Morgan fingerprint density at radius 1 is 1.71 bits per heavy atom. The fraction of sp³-hybridized carbons (Fsp3) is 0.625. The van der Waals surface area contributed by atoms with Crippen molar-refractivity contribution in [3.8, 4) is 0 Å². The summed E-state index contributed by atoms with van der Waals surface area (Å²) in [5.41, 5.74) is 6.07. The molecule has 1 amide bonds. The van der Waals surface area contributed by atoms with Crippen molar-refractivity contribution in [1.82, 2.24) is 20.3 Å². The van der Waals surface area contributed by atoms with Crippen LogP contribution in [0.1, 0.15) is 18.5 Å². The first-order chi connectivity index (χ1) is 6.78. The van der Waals surface area contributed by atoms with Crippen LogP contribution < -0.4 is 11.1 Å². The van der Waals surface area contributed by atoms with Crippen molar-refractivity contribution in [2.24, 2.45) is 5.73 Å². The molecule has 1 aliphatic carbocycles. The van der Waals surface area contributed by atoms with Gasteiger partial charge < -0.3 is 11.1 Å². The number of nitrogens with zero attached hydrogens (tertiary/aromatic N) is 3. The summed E-state index contributed by atoms with van der Waals surface area (Å²) >= 11 is 0. The first-order valence-corrected chi connectivity index (χ1v) is 4.66. The molecule has 0 saturated heterocycles. The Labute approximate surface area is 81.5 Å². The number of aromatic nitrogens is 3. The summed E-state index contributed by atoms with van der Waals surface area (Å²) in [5, 5.41) is 10.4. The highest BCUT2D eigenvalue weighted by Gasteiger charge is 2.23. The first-order valence-electron chi connectivity index (χ1n) is 4.66. The van der Waals surface area contributed by atoms with Gasteiger partial charge in [0.05, 0.1) is 11.9 Å². The van der Waals surface area contributed by atoms with E-state index < -0.39 is 0 Å². The Balaban J connectivity index is 1.85. The summed E-state index contributed by atoms with van der Waals surface area (Å²) < 4.78 is 1.50. The smallest absolute Gasteiger partial charge is 0.242 e. The van der Waals surface area contributed by atoms with Crippen molar-refractivity contribution in [1.29, 1.82) is 0 Å². The highest BCUT2D eigenvalue weighted by atomic mass is 16.2. The number of rotatable bonds is 4. The molecule has 6 heteroatoms. The molecule has 0 radical (unpaired) electrons. The predicted molar refractivity (Wildman–Crippen MR) is 49.1 cm³/mol. The van der Waals surface area contributed by atoms with Crippen molar-refractivity contribution in [3.63, 3.8) is 0 Å². The third kappa shape index (κ3) is 2.29. The van der Waals surface area contributed by atoms with E-state index in [4.69, 9.17) is 5.73 Å². The van der Waals surface area contributed by atoms with Crippen LogP contribution in [-0.2, 0) is 17.9 Å². The molecule has 0 atom stereocenters. The second-order valence-corrected chi connectivity index (χ2v) is 3.45. The fourth-order valence-corrected chi connectivity index (χ4v) is 1.16. The number of hydrogen-bond donors (Lipinski definition) is 2. The molecule has 1 saturated carbocycles. The zero-order chi connectivity index (χ0) is 9.97. The molecule has 14 heavy (non-hydrogen) atoms. The van der Waals surface area contributed by atoms with Crippen LogP contribution in [0.15, 0.2) is 6.20 Å². The van der Waals surface area contributed by atoms with Gasteiger partial charge in [0, 0.05) is 12.6 Å². The highest BCUT2D eigenvalue weighted by Crippen LogP contribution is 2.18. The van der Waals surface area contributed by atoms with Gasteiger partial charge in [-0.05, 0) is 12.8 Å². The number of amides is 1. The van der Waals surface area contributed by atoms with E-state index in [9.17, 15) is 4.79 Å². The van der Waals surface area contributed by atoms with E-state index in [-0.39, 0.29) is 12.5 Å². The lowest BCUT2D eigenvalue weighted by Gasteiger charge is -2.01. The zero-order valence-electron chi connectivity index (χ0n) is 7.81. The maximum Gasteiger partial charge on any atom is 0.242 e. The first kappa shape index (κ1) is 9.14. The number of hydrogen-bond acceptors (Lipinski definition) is 4. The van der Waals surface area contributed by atoms with Crippen LogP contribution in [0, 0.1) is 0 Å². The van der Waals surface area contributed by atoms with E-state index in [0.29, 0.717) is 18.3 Å². The molecular formula is C8H13N5O. The minimum absolute atomic E-state index is 0.0130. The van der Waals surface area contributed by atoms with Gasteiger partial charge in [-0.1, -0.05) is 5.21 Å². The molecule has 0 aliphatic heterocycles. The van der Waals surface area contributed by atoms with Crippen molar-refractivity contribution in [2.45, 2.75) is 32.0 Å². The van der Waals surface area contributed by atoms with Gasteiger partial charge in [0.2, 0.25) is 5.91 Å². The minimum Gasteiger partial charge on any atom is -0.352 e. The fourth-order valence-electron chi connectivity index (χ4n) is 1.16. The van der Waals surface area contributed by atoms with E-state index in [1.807, 2.05) is 0 Å². The van der Waals surface area contributed by atoms with Crippen molar-refractivity contribution in [3.05, 3.63) is 11.9 Å². The highest BCUT2D eigenvalue weighted by molar-refractivity contribution is 5.76. The molecule has 2 rings (SSSR count). The Bertz CT molecular complexity index is 330. The topological polar surface area (TPSA) is 85.8 Å². The second-order valence-electron chi connectivity index (χ2n) is 3.45. The van der Waals surface area contributed by atoms with E-state index in [0.717, 1.165) is 12.8 Å². The normalized spacial score (nSPS) is 15.5. The lowest BCUT2D eigenvalue weighted by molar-refractivity contribution is -0.122. The molecule has 1 aliphatic rings. The monoisotopic (exact) mass is 195 g/mol. The molecule has 1 heterocycles. The number of nitrogens with two attached hydrogens (primary N) is 1. The van der Waals surface area contributed by atoms with Gasteiger partial charge in [0.15, 0.2) is 0 Å². The van der Waals surface area contributed by atoms with Crippen LogP contribution >= 0.6 is 0 Å². The summed E-state index contributed by atoms with van der Waals surface area (Å²) in [4.78, 5) is 11.3. The molecule has 1 aromatic heterocycles. The lowest BCUT2D eigenvalue weighted by Crippen LogP contribution is -2.29. The molecule has 1 fully saturated rings. The van der Waals surface area contributed by atoms with Gasteiger partial charge in [-0.15, -0.1) is 5.10 Å². The molecular weight excluding hydrogens is 182 g/mol. The van der Waals surface area contributed by atoms with E-state index >= 15 is 0 Å². The molecule has 3 N–H and O–H groups in total. The minimum atomic E-state index is -0.0130. The van der Waals surface area contributed by atoms with Gasteiger partial charge in [-0.25, -0.2) is 4.68 Å². The maximum atomic E-state index is 11.3. The van der Waals surface area contributed by atoms with E-state index in [2.05, 4.69) is 15.6 Å². The van der Waals surface area contributed by atoms with Gasteiger partial charge >= 0.3 is 0 Å². The van der Waals surface area contributed by atoms with Crippen molar-refractivity contribution < 1.29 is 4.79 Å². The molecule has 0 unspecified atom stereocenters. The number of carbonyl (C=O) groups excluding carboxylic acids is 1. The van der Waals surface area contributed by atoms with E-state index in [1.165, 1.54) is 4.68 Å². The molecule has 6 nitrogen and oxygen atoms in total. The quantitative estimate of drug-likeness (QED) is 0.646. The van der Waals surface area contributed by atoms with E-state index in [1.54, 1.807) is 6.20 Å². The molecule has 76 valence electrons.